The van der Waals surface area contributed by atoms with Crippen molar-refractivity contribution in [2.75, 3.05) is 51.9 Å². The van der Waals surface area contributed by atoms with Crippen molar-refractivity contribution in [2.45, 2.75) is 70.0 Å². The van der Waals surface area contributed by atoms with Crippen LogP contribution in [0.2, 0.25) is 0 Å². The van der Waals surface area contributed by atoms with Gasteiger partial charge < -0.3 is 45.1 Å². The maximum atomic E-state index is 14.0. The number of amides is 1. The number of rotatable bonds is 16. The summed E-state index contributed by atoms with van der Waals surface area (Å²) in [5.41, 5.74) is 10.6. The van der Waals surface area contributed by atoms with Crippen LogP contribution in [0, 0.1) is 0 Å². The van der Waals surface area contributed by atoms with Crippen LogP contribution in [0.1, 0.15) is 74.8 Å². The molecule has 8 aromatic rings. The molecule has 17 nitrogen and oxygen atoms in total. The first kappa shape index (κ1) is 64.4. The topological polar surface area (TPSA) is 252 Å². The number of aromatic carboxylic acids is 1. The maximum absolute atomic E-state index is 14.0. The van der Waals surface area contributed by atoms with E-state index in [4.69, 9.17) is 34.9 Å². The number of hydrogen-bond donors (Lipinski definition) is 4. The van der Waals surface area contributed by atoms with E-state index in [1.807, 2.05) is 0 Å². The van der Waals surface area contributed by atoms with E-state index >= 15 is 0 Å². The number of halogens is 8. The fourth-order valence-electron chi connectivity index (χ4n) is 8.99. The van der Waals surface area contributed by atoms with Gasteiger partial charge in [0.15, 0.2) is 11.6 Å². The highest BCUT2D eigenvalue weighted by Crippen LogP contribution is 2.41. The smallest absolute Gasteiger partial charge is 0.420 e. The van der Waals surface area contributed by atoms with E-state index < -0.39 is 53.8 Å². The number of carbonyl (C=O) groups excluding carboxylic acids is 3. The van der Waals surface area contributed by atoms with E-state index in [0.717, 1.165) is 18.3 Å². The first-order valence-corrected chi connectivity index (χ1v) is 26.1. The molecule has 0 aliphatic carbocycles. The molecule has 0 spiro atoms. The van der Waals surface area contributed by atoms with Crippen LogP contribution in [0.25, 0.3) is 56.6 Å². The number of fused-ring (bicyclic) bond motifs is 2. The molecular formula is C61H58F8N8O9. The Labute approximate surface area is 486 Å². The summed E-state index contributed by atoms with van der Waals surface area (Å²) in [6.07, 6.45) is -0.959. The highest BCUT2D eigenvalue weighted by Gasteiger charge is 2.38. The number of likely N-dealkylation sites (tertiary alicyclic amines) is 1. The van der Waals surface area contributed by atoms with Crippen LogP contribution in [0.5, 0.6) is 0 Å². The zero-order valence-electron chi connectivity index (χ0n) is 45.3. The minimum atomic E-state index is -4.72. The van der Waals surface area contributed by atoms with Gasteiger partial charge in [0.2, 0.25) is 0 Å². The van der Waals surface area contributed by atoms with E-state index in [1.54, 1.807) is 36.4 Å². The lowest BCUT2D eigenvalue weighted by atomic mass is 10.0. The normalized spacial score (nSPS) is 16.9. The Balaban J connectivity index is 0.000000218. The molecule has 2 aromatic carbocycles. The average Bonchev–Trinajstić information content (AvgIpc) is 1.69. The molecule has 452 valence electrons. The maximum Gasteiger partial charge on any atom is 0.420 e. The highest BCUT2D eigenvalue weighted by atomic mass is 19.4. The molecule has 1 amide bonds. The van der Waals surface area contributed by atoms with Crippen molar-refractivity contribution in [1.82, 2.24) is 30.2 Å². The highest BCUT2D eigenvalue weighted by molar-refractivity contribution is 5.96. The Morgan fingerprint density at radius 3 is 1.47 bits per heavy atom. The third-order valence-electron chi connectivity index (χ3n) is 13.5. The standard InChI is InChI=1S/C30H26F4N4O4.C25H18F3N3O4.C5H10FNO.CH4/c1-41-26-16-38(15-24(26)31)29(40)18-4-8-25(36-14-18)19-10-20-11-22(42-28(20)23(12-19)30(32,33)34)7-6-21(39)5-2-17-3-9-27(35)37-13-17;26-25(27,28)20-11-16(21-7-3-15(13-30-21)24(33)34)9-17-10-19(35-23(17)20)6-5-18(32)4-1-14-2-8-22(29)31-12-14;1-8-5-3-7-2-4(5)6;/h2-5,8-14,24,26H,6-7,15-16H2,1H3,(H2,35,37);1-4,7-13H,5-6H2,(H2,29,31)(H,33,34);4-5,7H,2-3H2,1H3;1H4/b5-2+;4-1+;;/t24-,26-;;4-,5-;/m1.1./s1. The molecule has 8 heterocycles. The summed E-state index contributed by atoms with van der Waals surface area (Å²) in [6, 6.07) is 19.9. The molecular weight excluding hydrogens is 1140 g/mol. The Bertz CT molecular complexity index is 3720. The SMILES string of the molecule is C.CO[C@@H]1CN(C(=O)c2ccc(-c3cc(C(F)(F)F)c4oc(CCC(=O)/C=C/c5ccc(N)nc5)cc4c3)nc2)C[C@H]1F.CO[C@@H]1CNC[C@H]1F.Nc1ccc(/C=C/C(=O)CCc2cc3cc(-c4ccc(C(=O)O)cn4)cc(C(F)(F)F)c3o2)cn1. The number of benzene rings is 2. The van der Waals surface area contributed by atoms with E-state index in [0.29, 0.717) is 35.9 Å². The molecule has 4 atom stereocenters. The van der Waals surface area contributed by atoms with Crippen LogP contribution in [0.3, 0.4) is 0 Å². The van der Waals surface area contributed by atoms with Crippen LogP contribution in [-0.4, -0.2) is 118 Å². The number of anilines is 2. The number of furan rings is 2. The number of pyridine rings is 4. The van der Waals surface area contributed by atoms with Crippen molar-refractivity contribution in [1.29, 1.82) is 0 Å². The van der Waals surface area contributed by atoms with Crippen molar-refractivity contribution in [3.05, 3.63) is 167 Å². The van der Waals surface area contributed by atoms with Gasteiger partial charge in [-0.05, 0) is 120 Å². The number of alkyl halides is 8. The zero-order chi connectivity index (χ0) is 61.2. The molecule has 2 aliphatic rings. The third kappa shape index (κ3) is 16.6. The summed E-state index contributed by atoms with van der Waals surface area (Å²) < 4.78 is 131. The first-order valence-electron chi connectivity index (χ1n) is 26.1. The molecule has 10 rings (SSSR count). The summed E-state index contributed by atoms with van der Waals surface area (Å²) in [4.78, 5) is 65.7. The van der Waals surface area contributed by atoms with Gasteiger partial charge in [0, 0.05) is 99.7 Å². The summed E-state index contributed by atoms with van der Waals surface area (Å²) in [5.74, 6) is -0.952. The van der Waals surface area contributed by atoms with E-state index in [1.165, 1.54) is 98.4 Å². The number of allylic oxidation sites excluding steroid dienone is 2. The molecule has 0 unspecified atom stereocenters. The minimum absolute atomic E-state index is 0. The second-order valence-electron chi connectivity index (χ2n) is 19.6. The zero-order valence-corrected chi connectivity index (χ0v) is 45.3. The quantitative estimate of drug-likeness (QED) is 0.0518. The number of nitrogens with zero attached hydrogens (tertiary/aromatic N) is 5. The van der Waals surface area contributed by atoms with E-state index in [2.05, 4.69) is 25.3 Å². The number of ketones is 2. The number of ether oxygens (including phenoxy) is 2. The Hall–Kier alpha value is -9.20. The van der Waals surface area contributed by atoms with Crippen LogP contribution < -0.4 is 16.8 Å². The summed E-state index contributed by atoms with van der Waals surface area (Å²) in [5, 5.41) is 12.3. The molecule has 2 aliphatic heterocycles. The second kappa shape index (κ2) is 28.1. The molecule has 2 fully saturated rings. The van der Waals surface area contributed by atoms with Crippen molar-refractivity contribution >= 4 is 69.2 Å². The number of methoxy groups -OCH3 is 2. The number of nitrogens with two attached hydrogens (primary N) is 2. The molecule has 2 saturated heterocycles. The molecule has 6 aromatic heterocycles. The van der Waals surface area contributed by atoms with Gasteiger partial charge in [0.25, 0.3) is 5.91 Å². The van der Waals surface area contributed by atoms with Crippen LogP contribution in [-0.2, 0) is 44.3 Å². The number of carboxylic acids is 1. The fraction of sp³-hybridized carbons (Fsp3) is 0.279. The Morgan fingerprint density at radius 1 is 0.628 bits per heavy atom. The largest absolute Gasteiger partial charge is 0.478 e. The monoisotopic (exact) mass is 1200 g/mol. The second-order valence-corrected chi connectivity index (χ2v) is 19.6. The lowest BCUT2D eigenvalue weighted by Crippen LogP contribution is -2.30. The Kier molecular flexibility index (Phi) is 21.0. The number of carboxylic acid groups (broad SMARTS) is 1. The van der Waals surface area contributed by atoms with E-state index in [-0.39, 0.29) is 131 Å². The molecule has 0 bridgehead atoms. The van der Waals surface area contributed by atoms with Gasteiger partial charge in [0.1, 0.15) is 58.9 Å². The van der Waals surface area contributed by atoms with Gasteiger partial charge >= 0.3 is 18.3 Å². The number of nitrogens with one attached hydrogen (secondary N) is 1. The van der Waals surface area contributed by atoms with Crippen molar-refractivity contribution in [3.8, 4) is 22.5 Å². The van der Waals surface area contributed by atoms with Crippen molar-refractivity contribution in [2.24, 2.45) is 0 Å². The number of carbonyl (C=O) groups is 4. The number of aryl methyl sites for hydroxylation is 2. The lowest BCUT2D eigenvalue weighted by molar-refractivity contribution is -0.137. The van der Waals surface area contributed by atoms with Gasteiger partial charge in [-0.2, -0.15) is 26.3 Å². The van der Waals surface area contributed by atoms with E-state index in [9.17, 15) is 54.3 Å². The molecule has 25 heteroatoms. The minimum Gasteiger partial charge on any atom is -0.478 e. The Morgan fingerprint density at radius 2 is 1.10 bits per heavy atom. The average molecular weight is 1200 g/mol. The molecule has 6 N–H and O–H groups in total. The summed E-state index contributed by atoms with van der Waals surface area (Å²) in [7, 11) is 2.90. The number of nitrogen functional groups attached to an aromatic ring is 2. The molecule has 0 saturated carbocycles. The molecule has 86 heavy (non-hydrogen) atoms. The fourth-order valence-corrected chi connectivity index (χ4v) is 8.99. The van der Waals surface area contributed by atoms with Gasteiger partial charge in [-0.15, -0.1) is 0 Å². The van der Waals surface area contributed by atoms with Gasteiger partial charge in [-0.3, -0.25) is 24.4 Å². The van der Waals surface area contributed by atoms with Crippen molar-refractivity contribution < 1.29 is 77.7 Å². The predicted octanol–water partition coefficient (Wildman–Crippen LogP) is 11.5. The van der Waals surface area contributed by atoms with Gasteiger partial charge in [0.05, 0.1) is 46.7 Å². The van der Waals surface area contributed by atoms with Gasteiger partial charge in [-0.25, -0.2) is 23.5 Å². The number of hydrogen-bond acceptors (Lipinski definition) is 15. The van der Waals surface area contributed by atoms with Crippen LogP contribution in [0.4, 0.5) is 46.8 Å². The predicted molar refractivity (Wildman–Crippen MR) is 305 cm³/mol. The van der Waals surface area contributed by atoms with Crippen LogP contribution in [0.15, 0.2) is 131 Å². The summed E-state index contributed by atoms with van der Waals surface area (Å²) >= 11 is 0. The van der Waals surface area contributed by atoms with Gasteiger partial charge in [-0.1, -0.05) is 7.43 Å². The molecule has 0 radical (unpaired) electrons. The van der Waals surface area contributed by atoms with Crippen molar-refractivity contribution in [3.63, 3.8) is 0 Å². The lowest BCUT2D eigenvalue weighted by Gasteiger charge is -2.15. The van der Waals surface area contributed by atoms with Crippen LogP contribution >= 0.6 is 0 Å². The third-order valence-corrected chi connectivity index (χ3v) is 13.5. The summed E-state index contributed by atoms with van der Waals surface area (Å²) in [6.45, 7) is 1.07. The first-order chi connectivity index (χ1) is 40.5. The number of aromatic nitrogens is 4.